The van der Waals surface area contributed by atoms with Crippen molar-refractivity contribution in [2.24, 2.45) is 11.7 Å². The lowest BCUT2D eigenvalue weighted by Crippen LogP contribution is -2.47. The van der Waals surface area contributed by atoms with Gasteiger partial charge in [0, 0.05) is 0 Å². The standard InChI is InChI=1S/C14H16N4O/c1-14(15,10-7-8-10)13(19)12-9-16-17-18(12)11-5-3-2-4-6-11/h2-6,9-10H,7-8,15H2,1H3. The zero-order valence-electron chi connectivity index (χ0n) is 10.8. The molecule has 1 aliphatic carbocycles. The summed E-state index contributed by atoms with van der Waals surface area (Å²) in [6.45, 7) is 1.80. The second-order valence-electron chi connectivity index (χ2n) is 5.25. The Morgan fingerprint density at radius 2 is 2.05 bits per heavy atom. The number of rotatable bonds is 4. The highest BCUT2D eigenvalue weighted by Crippen LogP contribution is 2.39. The molecule has 2 N–H and O–H groups in total. The van der Waals surface area contributed by atoms with Crippen LogP contribution >= 0.6 is 0 Å². The summed E-state index contributed by atoms with van der Waals surface area (Å²) >= 11 is 0. The summed E-state index contributed by atoms with van der Waals surface area (Å²) in [5.74, 6) is 0.183. The second kappa shape index (κ2) is 4.28. The fourth-order valence-electron chi connectivity index (χ4n) is 2.29. The number of aromatic nitrogens is 3. The average molecular weight is 256 g/mol. The number of hydrogen-bond donors (Lipinski definition) is 1. The van der Waals surface area contributed by atoms with Crippen LogP contribution in [0.5, 0.6) is 0 Å². The summed E-state index contributed by atoms with van der Waals surface area (Å²) in [6, 6.07) is 9.48. The first kappa shape index (κ1) is 12.0. The van der Waals surface area contributed by atoms with Gasteiger partial charge in [-0.05, 0) is 37.8 Å². The minimum Gasteiger partial charge on any atom is -0.319 e. The summed E-state index contributed by atoms with van der Waals surface area (Å²) in [5, 5.41) is 7.84. The minimum atomic E-state index is -0.825. The van der Waals surface area contributed by atoms with Crippen molar-refractivity contribution in [1.29, 1.82) is 0 Å². The Morgan fingerprint density at radius 3 is 2.68 bits per heavy atom. The van der Waals surface area contributed by atoms with Crippen LogP contribution in [0.2, 0.25) is 0 Å². The monoisotopic (exact) mass is 256 g/mol. The van der Waals surface area contributed by atoms with Crippen molar-refractivity contribution in [3.05, 3.63) is 42.2 Å². The lowest BCUT2D eigenvalue weighted by molar-refractivity contribution is 0.0875. The van der Waals surface area contributed by atoms with E-state index in [0.717, 1.165) is 18.5 Å². The molecular formula is C14H16N4O. The maximum atomic E-state index is 12.6. The lowest BCUT2D eigenvalue weighted by Gasteiger charge is -2.22. The summed E-state index contributed by atoms with van der Waals surface area (Å²) < 4.78 is 1.55. The Hall–Kier alpha value is -2.01. The first-order valence-electron chi connectivity index (χ1n) is 6.40. The van der Waals surface area contributed by atoms with Gasteiger partial charge in [-0.1, -0.05) is 23.4 Å². The molecule has 0 spiro atoms. The number of hydrogen-bond acceptors (Lipinski definition) is 4. The van der Waals surface area contributed by atoms with Crippen LogP contribution in [0, 0.1) is 5.92 Å². The van der Waals surface area contributed by atoms with Crippen LogP contribution in [0.15, 0.2) is 36.5 Å². The number of benzene rings is 1. The maximum Gasteiger partial charge on any atom is 0.202 e. The topological polar surface area (TPSA) is 73.8 Å². The highest BCUT2D eigenvalue weighted by atomic mass is 16.1. The van der Waals surface area contributed by atoms with E-state index in [-0.39, 0.29) is 11.7 Å². The first-order valence-corrected chi connectivity index (χ1v) is 6.40. The number of Topliss-reactive ketones (excluding diaryl/α,β-unsaturated/α-hetero) is 1. The number of carbonyl (C=O) groups excluding carboxylic acids is 1. The van der Waals surface area contributed by atoms with E-state index in [0.29, 0.717) is 5.69 Å². The molecule has 1 unspecified atom stereocenters. The normalized spacial score (nSPS) is 18.0. The van der Waals surface area contributed by atoms with Crippen LogP contribution < -0.4 is 5.73 Å². The molecule has 1 atom stereocenters. The van der Waals surface area contributed by atoms with Crippen molar-refractivity contribution in [2.45, 2.75) is 25.3 Å². The van der Waals surface area contributed by atoms with Crippen molar-refractivity contribution in [1.82, 2.24) is 15.0 Å². The molecule has 0 amide bonds. The Morgan fingerprint density at radius 1 is 1.37 bits per heavy atom. The van der Waals surface area contributed by atoms with E-state index in [1.807, 2.05) is 30.3 Å². The van der Waals surface area contributed by atoms with Crippen molar-refractivity contribution in [3.8, 4) is 5.69 Å². The Kier molecular flexibility index (Phi) is 2.71. The van der Waals surface area contributed by atoms with E-state index >= 15 is 0 Å². The Labute approximate surface area is 111 Å². The van der Waals surface area contributed by atoms with E-state index in [1.165, 1.54) is 6.20 Å². The van der Waals surface area contributed by atoms with Gasteiger partial charge in [0.2, 0.25) is 5.78 Å². The molecule has 0 bridgehead atoms. The highest BCUT2D eigenvalue weighted by Gasteiger charge is 2.45. The van der Waals surface area contributed by atoms with Crippen molar-refractivity contribution >= 4 is 5.78 Å². The molecule has 0 radical (unpaired) electrons. The Bertz CT molecular complexity index is 599. The second-order valence-corrected chi connectivity index (χ2v) is 5.25. The summed E-state index contributed by atoms with van der Waals surface area (Å²) in [7, 11) is 0. The number of nitrogens with zero attached hydrogens (tertiary/aromatic N) is 3. The zero-order valence-corrected chi connectivity index (χ0v) is 10.8. The third kappa shape index (κ3) is 2.06. The third-order valence-electron chi connectivity index (χ3n) is 3.70. The smallest absolute Gasteiger partial charge is 0.202 e. The highest BCUT2D eigenvalue weighted by molar-refractivity contribution is 6.02. The van der Waals surface area contributed by atoms with Crippen LogP contribution in [0.25, 0.3) is 5.69 Å². The van der Waals surface area contributed by atoms with Crippen molar-refractivity contribution in [2.75, 3.05) is 0 Å². The lowest BCUT2D eigenvalue weighted by atomic mass is 9.90. The molecule has 19 heavy (non-hydrogen) atoms. The molecular weight excluding hydrogens is 240 g/mol. The van der Waals surface area contributed by atoms with E-state index in [1.54, 1.807) is 11.6 Å². The van der Waals surface area contributed by atoms with Gasteiger partial charge in [0.1, 0.15) is 5.69 Å². The van der Waals surface area contributed by atoms with Crippen LogP contribution in [0.1, 0.15) is 30.3 Å². The van der Waals surface area contributed by atoms with Crippen LogP contribution in [-0.2, 0) is 0 Å². The first-order chi connectivity index (χ1) is 9.10. The fraction of sp³-hybridized carbons (Fsp3) is 0.357. The molecule has 1 saturated carbocycles. The summed E-state index contributed by atoms with van der Waals surface area (Å²) in [5.41, 5.74) is 6.62. The Balaban J connectivity index is 1.99. The van der Waals surface area contributed by atoms with E-state index in [2.05, 4.69) is 10.3 Å². The molecule has 3 rings (SSSR count). The quantitative estimate of drug-likeness (QED) is 0.843. The molecule has 0 saturated heterocycles. The fourth-order valence-corrected chi connectivity index (χ4v) is 2.29. The van der Waals surface area contributed by atoms with Gasteiger partial charge in [-0.25, -0.2) is 4.68 Å². The van der Waals surface area contributed by atoms with Gasteiger partial charge in [-0.3, -0.25) is 4.79 Å². The molecule has 1 aliphatic rings. The van der Waals surface area contributed by atoms with Gasteiger partial charge < -0.3 is 5.73 Å². The number of carbonyl (C=O) groups is 1. The molecule has 5 heteroatoms. The van der Waals surface area contributed by atoms with Crippen molar-refractivity contribution < 1.29 is 4.79 Å². The van der Waals surface area contributed by atoms with Gasteiger partial charge in [0.05, 0.1) is 17.4 Å². The predicted octanol–water partition coefficient (Wildman–Crippen LogP) is 1.58. The average Bonchev–Trinajstić information content (AvgIpc) is 3.18. The molecule has 1 fully saturated rings. The van der Waals surface area contributed by atoms with Crippen LogP contribution in [0.3, 0.4) is 0 Å². The number of nitrogens with two attached hydrogens (primary N) is 1. The number of para-hydroxylation sites is 1. The van der Waals surface area contributed by atoms with E-state index in [4.69, 9.17) is 5.73 Å². The largest absolute Gasteiger partial charge is 0.319 e. The number of ketones is 1. The minimum absolute atomic E-state index is 0.0937. The SMILES string of the molecule is CC(N)(C(=O)c1cnnn1-c1ccccc1)C1CC1. The van der Waals surface area contributed by atoms with Crippen molar-refractivity contribution in [3.63, 3.8) is 0 Å². The zero-order chi connectivity index (χ0) is 13.5. The van der Waals surface area contributed by atoms with Crippen LogP contribution in [-0.4, -0.2) is 26.3 Å². The van der Waals surface area contributed by atoms with Gasteiger partial charge >= 0.3 is 0 Å². The van der Waals surface area contributed by atoms with E-state index < -0.39 is 5.54 Å². The van der Waals surface area contributed by atoms with Gasteiger partial charge in [-0.15, -0.1) is 5.10 Å². The third-order valence-corrected chi connectivity index (χ3v) is 3.70. The molecule has 1 heterocycles. The molecule has 1 aromatic carbocycles. The van der Waals surface area contributed by atoms with Gasteiger partial charge in [0.15, 0.2) is 0 Å². The molecule has 0 aliphatic heterocycles. The molecule has 98 valence electrons. The molecule has 1 aromatic heterocycles. The van der Waals surface area contributed by atoms with Gasteiger partial charge in [-0.2, -0.15) is 0 Å². The summed E-state index contributed by atoms with van der Waals surface area (Å²) in [4.78, 5) is 12.6. The predicted molar refractivity (Wildman–Crippen MR) is 71.0 cm³/mol. The molecule has 2 aromatic rings. The van der Waals surface area contributed by atoms with Gasteiger partial charge in [0.25, 0.3) is 0 Å². The summed E-state index contributed by atoms with van der Waals surface area (Å²) in [6.07, 6.45) is 3.53. The van der Waals surface area contributed by atoms with Crippen LogP contribution in [0.4, 0.5) is 0 Å². The maximum absolute atomic E-state index is 12.6. The molecule has 5 nitrogen and oxygen atoms in total. The van der Waals surface area contributed by atoms with E-state index in [9.17, 15) is 4.79 Å².